The molecule has 7 rings (SSSR count). The molecule has 0 aliphatic heterocycles. The molecule has 2 N–H and O–H groups in total. The highest BCUT2D eigenvalue weighted by Gasteiger charge is 2.51. The van der Waals surface area contributed by atoms with Gasteiger partial charge >= 0.3 is 5.69 Å². The van der Waals surface area contributed by atoms with Gasteiger partial charge in [-0.05, 0) is 63.9 Å². The lowest BCUT2D eigenvalue weighted by atomic mass is 9.76. The number of imidazole rings is 1. The molecule has 48 heavy (non-hydrogen) atoms. The van der Waals surface area contributed by atoms with Crippen molar-refractivity contribution in [1.82, 2.24) is 19.5 Å². The van der Waals surface area contributed by atoms with Crippen LogP contribution in [0.5, 0.6) is 0 Å². The fourth-order valence-electron chi connectivity index (χ4n) is 7.34. The molecule has 242 valence electrons. The first-order valence-electron chi connectivity index (χ1n) is 16.0. The molecule has 0 unspecified atom stereocenters. The molecule has 2 aromatic heterocycles. The van der Waals surface area contributed by atoms with Crippen molar-refractivity contribution in [3.63, 3.8) is 0 Å². The van der Waals surface area contributed by atoms with E-state index in [1.807, 2.05) is 72.8 Å². The zero-order valence-corrected chi connectivity index (χ0v) is 27.6. The number of halogens is 1. The quantitative estimate of drug-likeness (QED) is 0.0995. The van der Waals surface area contributed by atoms with Crippen LogP contribution in [0, 0.1) is 15.9 Å². The van der Waals surface area contributed by atoms with E-state index in [-0.39, 0.29) is 29.4 Å². The van der Waals surface area contributed by atoms with Gasteiger partial charge in [0.15, 0.2) is 0 Å². The van der Waals surface area contributed by atoms with Crippen LogP contribution in [0.4, 0.5) is 15.9 Å². The molecule has 0 saturated heterocycles. The number of aromatic nitrogens is 4. The van der Waals surface area contributed by atoms with Gasteiger partial charge in [0, 0.05) is 6.07 Å². The van der Waals surface area contributed by atoms with Crippen LogP contribution in [-0.4, -0.2) is 37.6 Å². The van der Waals surface area contributed by atoms with Gasteiger partial charge in [-0.1, -0.05) is 98.8 Å². The van der Waals surface area contributed by atoms with Crippen molar-refractivity contribution in [2.75, 3.05) is 5.32 Å². The van der Waals surface area contributed by atoms with Gasteiger partial charge in [0.2, 0.25) is 11.8 Å². The van der Waals surface area contributed by atoms with Gasteiger partial charge < -0.3 is 10.1 Å². The number of nitrogens with one attached hydrogen (secondary N) is 1. The summed E-state index contributed by atoms with van der Waals surface area (Å²) in [5, 5.41) is 17.0. The minimum Gasteiger partial charge on any atom is -0.424 e. The first kappa shape index (κ1) is 31.3. The number of rotatable bonds is 9. The van der Waals surface area contributed by atoms with Crippen molar-refractivity contribution in [3.8, 4) is 5.95 Å². The Kier molecular flexibility index (Phi) is 8.10. The van der Waals surface area contributed by atoms with Crippen LogP contribution in [0.15, 0.2) is 116 Å². The second-order valence-corrected chi connectivity index (χ2v) is 17.0. The average molecular weight is 659 g/mol. The summed E-state index contributed by atoms with van der Waals surface area (Å²) in [5.74, 6) is -0.0543. The molecule has 0 fully saturated rings. The molecule has 0 radical (unpaired) electrons. The predicted octanol–water partition coefficient (Wildman–Crippen LogP) is 6.82. The number of nitrogens with zero attached hydrogens (tertiary/aromatic N) is 5. The lowest BCUT2D eigenvalue weighted by molar-refractivity contribution is -0.384. The summed E-state index contributed by atoms with van der Waals surface area (Å²) in [6, 6.07) is 32.2. The Morgan fingerprint density at radius 2 is 1.58 bits per heavy atom. The highest BCUT2D eigenvalue weighted by Crippen LogP contribution is 2.49. The summed E-state index contributed by atoms with van der Waals surface area (Å²) in [6.45, 7) is 4.37. The van der Waals surface area contributed by atoms with E-state index in [4.69, 9.17) is 0 Å². The van der Waals surface area contributed by atoms with Gasteiger partial charge in [0.05, 0.1) is 22.0 Å². The number of benzene rings is 4. The molecule has 0 saturated carbocycles. The number of hydrogen-bond acceptors (Lipinski definition) is 7. The van der Waals surface area contributed by atoms with Crippen molar-refractivity contribution >= 4 is 41.2 Å². The van der Waals surface area contributed by atoms with Gasteiger partial charge in [-0.2, -0.15) is 4.98 Å². The number of anilines is 1. The van der Waals surface area contributed by atoms with Crippen LogP contribution in [0.1, 0.15) is 56.2 Å². The lowest BCUT2D eigenvalue weighted by Gasteiger charge is -2.44. The molecule has 1 aliphatic rings. The molecule has 11 heteroatoms. The van der Waals surface area contributed by atoms with E-state index in [0.29, 0.717) is 17.5 Å². The molecular formula is C37H35FN6O3Si. The average Bonchev–Trinajstić information content (AvgIpc) is 3.52. The Balaban J connectivity index is 1.22. The molecule has 9 nitrogen and oxygen atoms in total. The van der Waals surface area contributed by atoms with Crippen molar-refractivity contribution in [1.29, 1.82) is 0 Å². The van der Waals surface area contributed by atoms with Crippen LogP contribution in [0.3, 0.4) is 0 Å². The maximum Gasteiger partial charge on any atom is 0.329 e. The van der Waals surface area contributed by atoms with Crippen LogP contribution in [0.25, 0.3) is 17.0 Å². The highest BCUT2D eigenvalue weighted by molar-refractivity contribution is 6.98. The lowest BCUT2D eigenvalue weighted by Crippen LogP contribution is -2.65. The summed E-state index contributed by atoms with van der Waals surface area (Å²) in [6.07, 6.45) is 4.92. The third-order valence-electron chi connectivity index (χ3n) is 9.72. The van der Waals surface area contributed by atoms with Crippen LogP contribution in [0.2, 0.25) is 5.04 Å². The third-order valence-corrected chi connectivity index (χ3v) is 14.2. The first-order chi connectivity index (χ1) is 23.2. The second-order valence-electron chi connectivity index (χ2n) is 13.0. The maximum atomic E-state index is 14.1. The Hall–Kier alpha value is -5.26. The topological polar surface area (TPSA) is 119 Å². The fourth-order valence-corrected chi connectivity index (χ4v) is 11.1. The normalized spacial score (nSPS) is 16.4. The maximum absolute atomic E-state index is 14.1. The summed E-state index contributed by atoms with van der Waals surface area (Å²) in [4.78, 5) is 37.5. The summed E-state index contributed by atoms with van der Waals surface area (Å²) in [5.41, 5.74) is 2.95. The molecule has 0 spiro atoms. The molecule has 6 aromatic rings. The Morgan fingerprint density at radius 3 is 2.25 bits per heavy atom. The van der Waals surface area contributed by atoms with E-state index in [2.05, 4.69) is 46.2 Å². The minimum absolute atomic E-state index is 0.0803. The van der Waals surface area contributed by atoms with Crippen molar-refractivity contribution in [2.45, 2.75) is 50.1 Å². The first-order valence-corrected chi connectivity index (χ1v) is 17.9. The van der Waals surface area contributed by atoms with E-state index >= 15 is 0 Å². The standard InChI is InChI=1S/C37H35FN6O3Si/c1-37(2,48(47,27-11-5-3-6-12-27)28-13-7-4-8-14-28)22-25-17-19-31(30-16-10-9-15-29(25)30)41-35-34(44(45)46)23-39-36(42-35)43-24-40-32-20-18-26(38)21-33(32)43/h3-16,18,20-21,23-25,31,47H,17,19,22H2,1-2H3,(H,39,41,42)/t25-,31+/m0/s1. The van der Waals surface area contributed by atoms with E-state index in [0.717, 1.165) is 34.3 Å². The summed E-state index contributed by atoms with van der Waals surface area (Å²) >= 11 is 0. The molecule has 0 bridgehead atoms. The van der Waals surface area contributed by atoms with Gasteiger partial charge in [-0.15, -0.1) is 0 Å². The van der Waals surface area contributed by atoms with Gasteiger partial charge in [0.1, 0.15) is 18.3 Å². The Morgan fingerprint density at radius 1 is 0.938 bits per heavy atom. The van der Waals surface area contributed by atoms with E-state index in [1.54, 1.807) is 6.07 Å². The van der Waals surface area contributed by atoms with E-state index in [9.17, 15) is 19.3 Å². The SMILES string of the molecule is CC(C)(C[C@@H]1CC[C@@H](Nc2nc(-n3cnc4ccc(F)cc43)ncc2[N+](=O)[O-])c2ccccc21)[Si](O)(c1ccccc1)c1ccccc1. The Labute approximate surface area is 278 Å². The summed E-state index contributed by atoms with van der Waals surface area (Å²) in [7, 11) is -3.23. The van der Waals surface area contributed by atoms with E-state index in [1.165, 1.54) is 29.2 Å². The smallest absolute Gasteiger partial charge is 0.329 e. The monoisotopic (exact) mass is 658 g/mol. The van der Waals surface area contributed by atoms with Gasteiger partial charge in [-0.3, -0.25) is 14.7 Å². The molecule has 0 amide bonds. The largest absolute Gasteiger partial charge is 0.424 e. The molecule has 1 aliphatic carbocycles. The van der Waals surface area contributed by atoms with Crippen LogP contribution < -0.4 is 15.7 Å². The molecule has 2 atom stereocenters. The fraction of sp³-hybridized carbons (Fsp3) is 0.216. The van der Waals surface area contributed by atoms with Crippen molar-refractivity contribution < 1.29 is 14.1 Å². The van der Waals surface area contributed by atoms with Crippen LogP contribution in [-0.2, 0) is 0 Å². The van der Waals surface area contributed by atoms with Crippen molar-refractivity contribution in [3.05, 3.63) is 143 Å². The highest BCUT2D eigenvalue weighted by atomic mass is 28.4. The second kappa shape index (κ2) is 12.4. The Bertz CT molecular complexity index is 2070. The van der Waals surface area contributed by atoms with Gasteiger partial charge in [0.25, 0.3) is 8.32 Å². The number of hydrogen-bond donors (Lipinski definition) is 2. The molecule has 2 heterocycles. The predicted molar refractivity (Wildman–Crippen MR) is 187 cm³/mol. The van der Waals surface area contributed by atoms with E-state index < -0.39 is 24.1 Å². The minimum atomic E-state index is -3.23. The zero-order valence-electron chi connectivity index (χ0n) is 26.6. The third kappa shape index (κ3) is 5.54. The molecular weight excluding hydrogens is 624 g/mol. The zero-order chi connectivity index (χ0) is 33.5. The van der Waals surface area contributed by atoms with Crippen molar-refractivity contribution in [2.24, 2.45) is 0 Å². The molecule has 4 aromatic carbocycles. The number of nitro groups is 1. The van der Waals surface area contributed by atoms with Crippen LogP contribution >= 0.6 is 0 Å². The summed E-state index contributed by atoms with van der Waals surface area (Å²) < 4.78 is 15.6. The van der Waals surface area contributed by atoms with Gasteiger partial charge in [-0.25, -0.2) is 14.4 Å². The number of fused-ring (bicyclic) bond motifs is 2.